The summed E-state index contributed by atoms with van der Waals surface area (Å²) in [5.41, 5.74) is 5.73. The highest BCUT2D eigenvalue weighted by atomic mass is 32.1. The van der Waals surface area contributed by atoms with Crippen LogP contribution in [0.15, 0.2) is 29.1 Å². The minimum absolute atomic E-state index is 0.410. The topological polar surface area (TPSA) is 92.1 Å². The first-order valence-corrected chi connectivity index (χ1v) is 9.91. The van der Waals surface area contributed by atoms with Crippen LogP contribution in [0.3, 0.4) is 0 Å². The van der Waals surface area contributed by atoms with E-state index in [2.05, 4.69) is 24.8 Å². The number of hydrogen-bond donors (Lipinski definition) is 1. The Kier molecular flexibility index (Phi) is 4.82. The predicted molar refractivity (Wildman–Crippen MR) is 106 cm³/mol. The van der Waals surface area contributed by atoms with Gasteiger partial charge in [0.05, 0.1) is 23.0 Å². The van der Waals surface area contributed by atoms with Gasteiger partial charge in [0, 0.05) is 47.7 Å². The second-order valence-electron chi connectivity index (χ2n) is 5.99. The summed E-state index contributed by atoms with van der Waals surface area (Å²) < 4.78 is 3.12. The van der Waals surface area contributed by atoms with Gasteiger partial charge in [-0.1, -0.05) is 0 Å². The molecule has 8 nitrogen and oxygen atoms in total. The fourth-order valence-corrected chi connectivity index (χ4v) is 4.52. The highest BCUT2D eigenvalue weighted by Crippen LogP contribution is 2.30. The molecule has 0 aliphatic carbocycles. The summed E-state index contributed by atoms with van der Waals surface area (Å²) in [5, 5.41) is 13.7. The van der Waals surface area contributed by atoms with Crippen molar-refractivity contribution in [3.63, 3.8) is 0 Å². The number of carbonyl (C=O) groups excluding carboxylic acids is 1. The lowest BCUT2D eigenvalue weighted by molar-refractivity contribution is -0.118. The van der Waals surface area contributed by atoms with E-state index in [-0.39, 0.29) is 0 Å². The van der Waals surface area contributed by atoms with Crippen molar-refractivity contribution < 1.29 is 4.79 Å². The highest BCUT2D eigenvalue weighted by molar-refractivity contribution is 7.19. The molecule has 4 aromatic heterocycles. The SMILES string of the molecule is Cc1c(/C=N\N(C=O)Cc2cncs2)c2sc(Cc3ccn[nH]3)nc2n1C. The van der Waals surface area contributed by atoms with Crippen molar-refractivity contribution in [2.45, 2.75) is 19.9 Å². The number of aromatic nitrogens is 5. The maximum absolute atomic E-state index is 11.4. The Morgan fingerprint density at radius 1 is 1.44 bits per heavy atom. The van der Waals surface area contributed by atoms with Crippen LogP contribution < -0.4 is 0 Å². The Morgan fingerprint density at radius 3 is 3.04 bits per heavy atom. The average Bonchev–Trinajstić information content (AvgIpc) is 3.44. The molecule has 0 unspecified atom stereocenters. The number of rotatable bonds is 7. The fourth-order valence-electron chi connectivity index (χ4n) is 2.75. The number of H-pyrrole nitrogens is 1. The average molecular weight is 400 g/mol. The molecule has 138 valence electrons. The lowest BCUT2D eigenvalue weighted by Gasteiger charge is -2.08. The number of hydrazone groups is 1. The normalized spacial score (nSPS) is 11.6. The molecule has 0 aromatic carbocycles. The molecule has 0 saturated carbocycles. The summed E-state index contributed by atoms with van der Waals surface area (Å²) in [4.78, 5) is 21.1. The fraction of sp³-hybridized carbons (Fsp3) is 0.235. The van der Waals surface area contributed by atoms with E-state index in [9.17, 15) is 4.79 Å². The number of aromatic amines is 1. The third-order valence-corrected chi connectivity index (χ3v) is 6.11. The van der Waals surface area contributed by atoms with Crippen molar-refractivity contribution in [1.29, 1.82) is 0 Å². The van der Waals surface area contributed by atoms with Gasteiger partial charge in [-0.05, 0) is 13.0 Å². The van der Waals surface area contributed by atoms with Crippen molar-refractivity contribution in [2.24, 2.45) is 12.1 Å². The van der Waals surface area contributed by atoms with Crippen LogP contribution in [-0.2, 0) is 24.8 Å². The monoisotopic (exact) mass is 399 g/mol. The molecule has 0 atom stereocenters. The molecule has 0 aliphatic rings. The second-order valence-corrected chi connectivity index (χ2v) is 8.05. The van der Waals surface area contributed by atoms with Crippen LogP contribution in [0.1, 0.15) is 26.8 Å². The largest absolute Gasteiger partial charge is 0.332 e. The molecule has 0 bridgehead atoms. The molecule has 1 N–H and O–H groups in total. The van der Waals surface area contributed by atoms with Gasteiger partial charge in [-0.2, -0.15) is 10.2 Å². The number of fused-ring (bicyclic) bond motifs is 1. The minimum atomic E-state index is 0.410. The molecule has 0 spiro atoms. The molecule has 0 saturated heterocycles. The molecule has 4 aromatic rings. The molecule has 10 heteroatoms. The molecule has 0 aliphatic heterocycles. The molecule has 0 radical (unpaired) electrons. The minimum Gasteiger partial charge on any atom is -0.332 e. The highest BCUT2D eigenvalue weighted by Gasteiger charge is 2.16. The Bertz CT molecular complexity index is 1080. The Labute approximate surface area is 163 Å². The third kappa shape index (κ3) is 3.53. The van der Waals surface area contributed by atoms with Crippen molar-refractivity contribution in [3.8, 4) is 0 Å². The van der Waals surface area contributed by atoms with Gasteiger partial charge in [0.1, 0.15) is 5.01 Å². The van der Waals surface area contributed by atoms with E-state index >= 15 is 0 Å². The number of nitrogens with one attached hydrogen (secondary N) is 1. The third-order valence-electron chi connectivity index (χ3n) is 4.27. The van der Waals surface area contributed by atoms with Crippen LogP contribution in [0.2, 0.25) is 0 Å². The van der Waals surface area contributed by atoms with Crippen LogP contribution in [0.4, 0.5) is 0 Å². The standard InChI is InChI=1S/C17H17N7OS2/c1-11-14(7-20-24(10-25)8-13-6-18-9-26-13)16-17(23(11)2)21-15(27-16)5-12-3-4-19-22-12/h3-4,6-7,9-10H,5,8H2,1-2H3,(H,19,22)/b20-7-. The molecule has 4 rings (SSSR count). The van der Waals surface area contributed by atoms with Gasteiger partial charge < -0.3 is 4.57 Å². The summed E-state index contributed by atoms with van der Waals surface area (Å²) in [6.45, 7) is 2.44. The smallest absolute Gasteiger partial charge is 0.230 e. The van der Waals surface area contributed by atoms with Crippen molar-refractivity contribution in [3.05, 3.63) is 50.8 Å². The van der Waals surface area contributed by atoms with E-state index in [0.717, 1.165) is 43.6 Å². The van der Waals surface area contributed by atoms with E-state index in [1.807, 2.05) is 20.0 Å². The molecule has 0 fully saturated rings. The summed E-state index contributed by atoms with van der Waals surface area (Å²) in [5.74, 6) is 0. The summed E-state index contributed by atoms with van der Waals surface area (Å²) >= 11 is 3.13. The number of hydrogen-bond acceptors (Lipinski definition) is 7. The number of nitrogens with zero attached hydrogens (tertiary/aromatic N) is 6. The summed E-state index contributed by atoms with van der Waals surface area (Å²) in [6, 6.07) is 1.95. The van der Waals surface area contributed by atoms with Gasteiger partial charge in [-0.15, -0.1) is 22.7 Å². The molecular formula is C17H17N7OS2. The van der Waals surface area contributed by atoms with Gasteiger partial charge in [-0.3, -0.25) is 14.9 Å². The lowest BCUT2D eigenvalue weighted by Crippen LogP contribution is -2.14. The van der Waals surface area contributed by atoms with E-state index in [1.54, 1.807) is 35.5 Å². The van der Waals surface area contributed by atoms with Crippen LogP contribution in [0.25, 0.3) is 10.3 Å². The van der Waals surface area contributed by atoms with Gasteiger partial charge >= 0.3 is 0 Å². The molecule has 27 heavy (non-hydrogen) atoms. The lowest BCUT2D eigenvalue weighted by atomic mass is 10.3. The van der Waals surface area contributed by atoms with Gasteiger partial charge in [-0.25, -0.2) is 9.99 Å². The number of thiazole rings is 2. The Balaban J connectivity index is 1.62. The van der Waals surface area contributed by atoms with Gasteiger partial charge in [0.25, 0.3) is 0 Å². The first-order valence-electron chi connectivity index (χ1n) is 8.22. The van der Waals surface area contributed by atoms with Crippen molar-refractivity contribution in [1.82, 2.24) is 29.7 Å². The van der Waals surface area contributed by atoms with E-state index < -0.39 is 0 Å². The molecule has 1 amide bonds. The summed E-state index contributed by atoms with van der Waals surface area (Å²) in [7, 11) is 1.99. The second kappa shape index (κ2) is 7.41. The number of carbonyl (C=O) groups is 1. The Hall–Kier alpha value is -2.85. The maximum Gasteiger partial charge on any atom is 0.230 e. The molecular weight excluding hydrogens is 382 g/mol. The zero-order valence-corrected chi connectivity index (χ0v) is 16.4. The molecule has 4 heterocycles. The zero-order valence-electron chi connectivity index (χ0n) is 14.8. The van der Waals surface area contributed by atoms with Crippen molar-refractivity contribution >= 4 is 45.6 Å². The van der Waals surface area contributed by atoms with Crippen LogP contribution in [0, 0.1) is 6.92 Å². The van der Waals surface area contributed by atoms with Crippen molar-refractivity contribution in [2.75, 3.05) is 0 Å². The predicted octanol–water partition coefficient (Wildman–Crippen LogP) is 2.71. The quantitative estimate of drug-likeness (QED) is 0.294. The van der Waals surface area contributed by atoms with Gasteiger partial charge in [0.2, 0.25) is 6.41 Å². The van der Waals surface area contributed by atoms with Crippen LogP contribution >= 0.6 is 22.7 Å². The number of aryl methyl sites for hydroxylation is 1. The van der Waals surface area contributed by atoms with Crippen LogP contribution in [-0.4, -0.2) is 42.4 Å². The van der Waals surface area contributed by atoms with E-state index in [1.165, 1.54) is 16.3 Å². The zero-order chi connectivity index (χ0) is 18.8. The van der Waals surface area contributed by atoms with E-state index in [4.69, 9.17) is 4.98 Å². The summed E-state index contributed by atoms with van der Waals surface area (Å²) in [6.07, 6.45) is 6.66. The first kappa shape index (κ1) is 17.6. The van der Waals surface area contributed by atoms with Crippen LogP contribution in [0.5, 0.6) is 0 Å². The van der Waals surface area contributed by atoms with E-state index in [0.29, 0.717) is 13.0 Å². The maximum atomic E-state index is 11.4. The first-order chi connectivity index (χ1) is 13.2. The Morgan fingerprint density at radius 2 is 2.33 bits per heavy atom. The van der Waals surface area contributed by atoms with Gasteiger partial charge in [0.15, 0.2) is 5.65 Å². The number of amides is 1.